The van der Waals surface area contributed by atoms with Gasteiger partial charge in [-0.15, -0.1) is 0 Å². The number of aryl methyl sites for hydroxylation is 3. The maximum Gasteiger partial charge on any atom is 1.00 e. The molecule has 0 saturated carbocycles. The zero-order chi connectivity index (χ0) is 109. The molecule has 5 aromatic heterocycles. The molecule has 10 atom stereocenters. The maximum absolute atomic E-state index is 13.0. The van der Waals surface area contributed by atoms with Gasteiger partial charge in [0.15, 0.2) is 17.3 Å². The molecule has 0 amide bonds. The van der Waals surface area contributed by atoms with E-state index < -0.39 is 30.1 Å². The van der Waals surface area contributed by atoms with Crippen molar-refractivity contribution in [3.63, 3.8) is 0 Å². The minimum atomic E-state index is -1.45. The van der Waals surface area contributed by atoms with Crippen LogP contribution in [-0.2, 0) is 46.2 Å². The fourth-order valence-electron chi connectivity index (χ4n) is 14.5. The van der Waals surface area contributed by atoms with Gasteiger partial charge in [0.05, 0.1) is 115 Å². The van der Waals surface area contributed by atoms with Crippen LogP contribution in [0.4, 0.5) is 50.4 Å². The number of aliphatic hydroxyl groups excluding tert-OH is 1. The van der Waals surface area contributed by atoms with Crippen molar-refractivity contribution in [1.82, 2.24) is 24.9 Å². The summed E-state index contributed by atoms with van der Waals surface area (Å²) in [7, 11) is -1.45. The average Bonchev–Trinajstić information content (AvgIpc) is 0.809. The van der Waals surface area contributed by atoms with E-state index in [1.165, 1.54) is 62.2 Å². The van der Waals surface area contributed by atoms with Crippen molar-refractivity contribution < 1.29 is 204 Å². The molecule has 5 aliphatic rings. The van der Waals surface area contributed by atoms with Crippen LogP contribution in [0.1, 0.15) is 197 Å². The maximum atomic E-state index is 13.0. The van der Waals surface area contributed by atoms with Crippen LogP contribution in [0.3, 0.4) is 0 Å². The number of aromatic carboxylic acids is 1. The summed E-state index contributed by atoms with van der Waals surface area (Å²) in [6, 6.07) is 49.8. The fraction of sp³-hybridized carbons (Fsp3) is 0.419. The molecular weight excluding hydrogens is 2100 g/mol. The van der Waals surface area contributed by atoms with E-state index in [4.69, 9.17) is 95.1 Å². The average molecular weight is 2240 g/mol. The first kappa shape index (κ1) is 138. The molecule has 5 saturated heterocycles. The molecule has 0 aliphatic carbocycles. The predicted octanol–water partition coefficient (Wildman–Crippen LogP) is 13.9. The van der Waals surface area contributed by atoms with E-state index in [1.54, 1.807) is 67.1 Å². The molecule has 5 aliphatic heterocycles. The van der Waals surface area contributed by atoms with Gasteiger partial charge in [0.25, 0.3) is 17.8 Å². The van der Waals surface area contributed by atoms with Gasteiger partial charge in [-0.3, -0.25) is 49.5 Å². The van der Waals surface area contributed by atoms with E-state index in [0.29, 0.717) is 58.6 Å². The fourth-order valence-corrected chi connectivity index (χ4v) is 15.3. The number of hydrogen-bond donors (Lipinski definition) is 7. The molecule has 10 heterocycles. The number of benzene rings is 5. The number of nitrogen functional groups attached to an aromatic ring is 1. The van der Waals surface area contributed by atoms with Crippen LogP contribution < -0.4 is 139 Å². The number of halogens is 4. The Labute approximate surface area is 974 Å². The number of ketones is 2. The number of nitrogens with zero attached hydrogens (tertiary/aromatic N) is 13. The Hall–Kier alpha value is -9.01. The number of Topliss-reactive ketones (excluding diaryl/α,β-unsaturated/α-hetero) is 2. The number of aliphatic hydroxyl groups is 1. The van der Waals surface area contributed by atoms with Crippen molar-refractivity contribution in [1.29, 1.82) is 5.26 Å². The third-order valence-electron chi connectivity index (χ3n) is 20.8. The molecule has 0 bridgehead atoms. The van der Waals surface area contributed by atoms with E-state index in [-0.39, 0.29) is 195 Å². The van der Waals surface area contributed by atoms with Crippen molar-refractivity contribution in [3.05, 3.63) is 291 Å². The second-order valence-electron chi connectivity index (χ2n) is 33.2. The molecule has 0 radical (unpaired) electrons. The van der Waals surface area contributed by atoms with E-state index >= 15 is 0 Å². The molecule has 0 spiro atoms. The van der Waals surface area contributed by atoms with Gasteiger partial charge in [0.2, 0.25) is 0 Å². The number of anilines is 5. The van der Waals surface area contributed by atoms with Crippen LogP contribution in [0.15, 0.2) is 204 Å². The second-order valence-corrected chi connectivity index (χ2v) is 35.3. The second kappa shape index (κ2) is 78.2. The molecule has 5 aromatic carbocycles. The zero-order valence-electron chi connectivity index (χ0n) is 88.7. The summed E-state index contributed by atoms with van der Waals surface area (Å²) in [6.07, 6.45) is 16.1. The summed E-state index contributed by atoms with van der Waals surface area (Å²) in [4.78, 5) is 99.8. The predicted molar refractivity (Wildman–Crippen MR) is 574 cm³/mol. The number of morpholine rings is 4. The standard InChI is InChI=1S/C27H27N3O2.C20H23BrN2O2.C11H15N3O3.C11H17N3O.C8H7BrO2.C7H6BNO2.C7H14O.C5H3ClN2O2.C3H8.C2H6.CH3F.CH2O3.CH4O.CH4.2K.H2O2.H/c1-18-4-8-24(13-25(18)23-9-5-21(14-28)6-10-23)26(31)12-22-7-11-27(29-15-22)30-16-19(2)32-20(3)17-30;1-13-4-6-17(9-18(13)21)19(24)8-16-5-7-20(22-10-16)23-11-14(2)25-15(3)12-23;1-8-6-13(7-9(2)17-8)11-4-3-10(5-12-11)14(15)16;1-8-6-14(7-9(2)15-8)11-4-3-10(12)5-13-11;1-5-2-3-6(8(10)11)4-7(5)9;1-9-7-4-2-6(3-5-7)8(10)11;1-6-4-3-5-7(2)8-6;6-5-2-1-4(3-7-5)8(9)10;1-3-2;2*1-2;2-1-4-3;1-2;;;;1-2;/h4-11,13,15,19-20H,12,16-17H2,1-3H3;4-7,9-10,14-15H,8,11-12H2,1-3H3;3-5,8-9H,6-7H2,1-2H3;3-5,8-9H,6-7,12H2,1-2H3;2-4H,1H3,(H,10,11);2-5,10-11H;6-7H,3-5H2,1-2H3;1-3H;3H2,1-2H3;1-2H3;1H3;1,3H;2H,1H3;1H4;;;1-2H;/q;;;;;;;;;;;;;;2*+1;;-1/p-1/t19-,20+;14-,15+;2*8-,9+;;;6-,7+;;;;;;;;;;;/i;;;;;;;;;;1D;;;;;;;. The molecule has 10 aromatic rings. The van der Waals surface area contributed by atoms with Crippen molar-refractivity contribution in [2.24, 2.45) is 0 Å². The molecule has 8 N–H and O–H groups in total. The van der Waals surface area contributed by atoms with Crippen molar-refractivity contribution >= 4 is 126 Å². The van der Waals surface area contributed by atoms with Crippen molar-refractivity contribution in [2.45, 2.75) is 225 Å². The van der Waals surface area contributed by atoms with Gasteiger partial charge >= 0.3 is 116 Å². The number of carbonyl (C=O) groups is 4. The van der Waals surface area contributed by atoms with Crippen LogP contribution in [-0.4, -0.2) is 224 Å². The SMILES string of the molecule is C.CC.CCC.CO.C[C@@H]1CCC[C@H](C)O1.C[C@@H]1CN(c2ccc(N)cn2)C[C@H](C)O1.C[C@@H]1CN(c2ccc([N+](=O)[O-])cn2)C[C@H](C)O1.Cc1ccc(C(=O)Cc2ccc(N3C[C@@H](C)O[C@@H](C)C3)nc2)cc1-c1ccc(C#N)cc1.Cc1ccc(C(=O)Cc2ccc(N3C[C@@H](C)O[C@@H](C)C3)nc2)cc1Br.Cc1ccc(C(=O)O)cc1Br.O=CO[O-].O=[N+]([O-])c1ccc(Cl)nc1.OO.[2H]CF.[C-]#[N+]c1ccc(B(O)O)cc1.[H-].[K+].[K+]. The molecule has 42 heteroatoms. The molecule has 0 unspecified atom stereocenters. The van der Waals surface area contributed by atoms with Gasteiger partial charge in [-0.25, -0.2) is 34.6 Å². The van der Waals surface area contributed by atoms with Gasteiger partial charge in [-0.1, -0.05) is 164 Å². The first-order chi connectivity index (χ1) is 69.1. The quantitative estimate of drug-likeness (QED) is 0.00690. The number of pyridine rings is 5. The van der Waals surface area contributed by atoms with Crippen LogP contribution in [0.25, 0.3) is 16.0 Å². The Bertz CT molecular complexity index is 5510. The summed E-state index contributed by atoms with van der Waals surface area (Å²) >= 11 is 12.1. The number of nitriles is 1. The topological polar surface area (TPSA) is 486 Å². The van der Waals surface area contributed by atoms with Gasteiger partial charge < -0.3 is 80.9 Å². The third kappa shape index (κ3) is 54.0. The molecule has 147 heavy (non-hydrogen) atoms. The number of hydrogen-bond acceptors (Lipinski definition) is 31. The van der Waals surface area contributed by atoms with Gasteiger partial charge in [-0.2, -0.15) is 5.26 Å². The number of ether oxygens (including phenoxy) is 5. The van der Waals surface area contributed by atoms with E-state index in [2.05, 4.69) is 161 Å². The normalized spacial score (nSPS) is 17.7. The Morgan fingerprint density at radius 1 is 0.565 bits per heavy atom. The minimum absolute atomic E-state index is 0. The first-order valence-electron chi connectivity index (χ1n) is 47.1. The Morgan fingerprint density at radius 2 is 0.891 bits per heavy atom. The van der Waals surface area contributed by atoms with Crippen molar-refractivity contribution in [3.8, 4) is 17.2 Å². The number of nitrogens with two attached hydrogens (primary N) is 1. The molecule has 15 rings (SSSR count). The summed E-state index contributed by atoms with van der Waals surface area (Å²) < 4.78 is 45.6. The molecular formula is C105H141BBr2ClFK2N14O21. The Morgan fingerprint density at radius 3 is 1.18 bits per heavy atom. The summed E-state index contributed by atoms with van der Waals surface area (Å²) in [5, 5.41) is 83.2. The number of carbonyl (C=O) groups excluding carboxylic acids is 3. The third-order valence-corrected chi connectivity index (χ3v) is 22.7. The van der Waals surface area contributed by atoms with Gasteiger partial charge in [0.1, 0.15) is 40.8 Å². The van der Waals surface area contributed by atoms with E-state index in [1.807, 2.05) is 133 Å². The number of carboxylic acid groups (broad SMARTS) is 1. The van der Waals surface area contributed by atoms with Crippen LogP contribution in [0, 0.1) is 58.9 Å². The smallest absolute Gasteiger partial charge is 1.00 e. The van der Waals surface area contributed by atoms with Crippen LogP contribution >= 0.6 is 43.5 Å². The summed E-state index contributed by atoms with van der Waals surface area (Å²) in [6.45, 7) is 48.0. The monoisotopic (exact) mass is 2240 g/mol. The molecule has 5 fully saturated rings. The number of aromatic nitrogens is 5. The van der Waals surface area contributed by atoms with E-state index in [9.17, 15) is 39.0 Å². The number of alkyl halides is 1. The minimum Gasteiger partial charge on any atom is -1.00 e. The largest absolute Gasteiger partial charge is 1.00 e. The Balaban J connectivity index is -0.00000165. The van der Waals surface area contributed by atoms with E-state index in [0.717, 1.165) is 142 Å². The first-order valence-corrected chi connectivity index (χ1v) is 48.3. The van der Waals surface area contributed by atoms with Gasteiger partial charge in [0, 0.05) is 117 Å². The number of carboxylic acids is 1. The number of rotatable bonds is 16. The summed E-state index contributed by atoms with van der Waals surface area (Å²) in [5.74, 6) is 2.86. The molecule has 35 nitrogen and oxygen atoms in total. The number of nitro groups is 2. The zero-order valence-corrected chi connectivity index (χ0v) is 96.9. The van der Waals surface area contributed by atoms with Gasteiger partial charge in [-0.05, 0) is 226 Å². The van der Waals surface area contributed by atoms with Crippen LogP contribution in [0.5, 0.6) is 0 Å². The summed E-state index contributed by atoms with van der Waals surface area (Å²) in [5.41, 5.74) is 16.6. The van der Waals surface area contributed by atoms with Crippen LogP contribution in [0.2, 0.25) is 5.15 Å². The Kier molecular flexibility index (Phi) is 73.4. The van der Waals surface area contributed by atoms with Crippen molar-refractivity contribution in [2.75, 3.05) is 92.0 Å². The molecule has 790 valence electrons.